The highest BCUT2D eigenvalue weighted by atomic mass is 35.5. The van der Waals surface area contributed by atoms with Gasteiger partial charge < -0.3 is 19.7 Å². The number of aliphatic hydroxyl groups excluding tert-OH is 1. The van der Waals surface area contributed by atoms with Gasteiger partial charge in [-0.1, -0.05) is 17.7 Å². The van der Waals surface area contributed by atoms with Gasteiger partial charge in [0.25, 0.3) is 5.56 Å². The van der Waals surface area contributed by atoms with Gasteiger partial charge in [-0.05, 0) is 29.8 Å². The minimum Gasteiger partial charge on any atom is -0.394 e. The molecule has 2 N–H and O–H groups in total. The summed E-state index contributed by atoms with van der Waals surface area (Å²) in [5.74, 6) is 0.328. The van der Waals surface area contributed by atoms with E-state index in [2.05, 4.69) is 15.3 Å². The number of anilines is 1. The van der Waals surface area contributed by atoms with Gasteiger partial charge in [-0.25, -0.2) is 14.4 Å². The van der Waals surface area contributed by atoms with Gasteiger partial charge in [0.2, 0.25) is 5.95 Å². The summed E-state index contributed by atoms with van der Waals surface area (Å²) in [5.41, 5.74) is 1.32. The van der Waals surface area contributed by atoms with Crippen LogP contribution in [0, 0.1) is 11.7 Å². The van der Waals surface area contributed by atoms with Gasteiger partial charge in [0, 0.05) is 36.5 Å². The van der Waals surface area contributed by atoms with Crippen molar-refractivity contribution in [3.05, 3.63) is 75.5 Å². The van der Waals surface area contributed by atoms with Gasteiger partial charge in [0.1, 0.15) is 5.82 Å². The Kier molecular flexibility index (Phi) is 6.08. The van der Waals surface area contributed by atoms with Crippen LogP contribution in [0.15, 0.2) is 53.6 Å². The van der Waals surface area contributed by atoms with E-state index in [1.807, 2.05) is 0 Å². The molecule has 30 heavy (non-hydrogen) atoms. The second kappa shape index (κ2) is 8.91. The summed E-state index contributed by atoms with van der Waals surface area (Å²) in [6, 6.07) is 8.35. The Balaban J connectivity index is 1.58. The SMILES string of the molecule is O=c1cc(-c2ccnc(NCC3COC3)n2)ccn1[C@H](CO)c1ccc(Cl)c(F)c1. The molecule has 3 aromatic rings. The van der Waals surface area contributed by atoms with Crippen LogP contribution in [0.2, 0.25) is 5.02 Å². The van der Waals surface area contributed by atoms with Crippen molar-refractivity contribution < 1.29 is 14.2 Å². The highest BCUT2D eigenvalue weighted by Gasteiger charge is 2.19. The highest BCUT2D eigenvalue weighted by molar-refractivity contribution is 6.30. The smallest absolute Gasteiger partial charge is 0.251 e. The molecule has 1 aliphatic heterocycles. The van der Waals surface area contributed by atoms with E-state index in [9.17, 15) is 14.3 Å². The summed E-state index contributed by atoms with van der Waals surface area (Å²) in [4.78, 5) is 21.4. The quantitative estimate of drug-likeness (QED) is 0.599. The lowest BCUT2D eigenvalue weighted by atomic mass is 10.1. The average Bonchev–Trinajstić information content (AvgIpc) is 2.71. The average molecular weight is 431 g/mol. The van der Waals surface area contributed by atoms with E-state index in [1.165, 1.54) is 22.8 Å². The molecule has 0 aliphatic carbocycles. The number of benzene rings is 1. The normalized spacial score (nSPS) is 14.9. The van der Waals surface area contributed by atoms with E-state index in [4.69, 9.17) is 16.3 Å². The number of hydrogen-bond acceptors (Lipinski definition) is 6. The molecule has 4 rings (SSSR count). The van der Waals surface area contributed by atoms with Gasteiger partial charge >= 0.3 is 0 Å². The summed E-state index contributed by atoms with van der Waals surface area (Å²) in [6.45, 7) is 1.82. The van der Waals surface area contributed by atoms with Crippen molar-refractivity contribution >= 4 is 17.5 Å². The fourth-order valence-electron chi connectivity index (χ4n) is 3.22. The molecule has 1 atom stereocenters. The molecule has 0 saturated carbocycles. The molecule has 1 saturated heterocycles. The second-order valence-electron chi connectivity index (χ2n) is 7.08. The van der Waals surface area contributed by atoms with Gasteiger partial charge in [0.05, 0.1) is 36.6 Å². The number of halogens is 2. The predicted molar refractivity (Wildman–Crippen MR) is 111 cm³/mol. The standard InChI is InChI=1S/C21H20ClFN4O3/c22-16-2-1-15(7-17(16)23)19(10-28)27-6-4-14(8-20(27)29)18-3-5-24-21(26-18)25-9-13-11-30-12-13/h1-8,13,19,28H,9-12H2,(H,24,25,26)/t19-/m1/s1. The van der Waals surface area contributed by atoms with Gasteiger partial charge in [-0.15, -0.1) is 0 Å². The maximum Gasteiger partial charge on any atom is 0.251 e. The number of rotatable bonds is 7. The number of nitrogens with zero attached hydrogens (tertiary/aromatic N) is 3. The zero-order chi connectivity index (χ0) is 21.1. The van der Waals surface area contributed by atoms with Crippen LogP contribution in [-0.4, -0.2) is 46.0 Å². The minimum atomic E-state index is -0.731. The number of aliphatic hydroxyl groups is 1. The van der Waals surface area contributed by atoms with E-state index in [1.54, 1.807) is 30.6 Å². The fraction of sp³-hybridized carbons (Fsp3) is 0.286. The maximum absolute atomic E-state index is 13.8. The van der Waals surface area contributed by atoms with Crippen LogP contribution >= 0.6 is 11.6 Å². The Labute approximate surface area is 177 Å². The van der Waals surface area contributed by atoms with E-state index in [-0.39, 0.29) is 17.2 Å². The van der Waals surface area contributed by atoms with Crippen molar-refractivity contribution in [2.24, 2.45) is 5.92 Å². The van der Waals surface area contributed by atoms with Crippen LogP contribution in [0.1, 0.15) is 11.6 Å². The zero-order valence-electron chi connectivity index (χ0n) is 16.0. The van der Waals surface area contributed by atoms with Crippen LogP contribution in [0.4, 0.5) is 10.3 Å². The van der Waals surface area contributed by atoms with Crippen LogP contribution in [-0.2, 0) is 4.74 Å². The topological polar surface area (TPSA) is 89.3 Å². The van der Waals surface area contributed by atoms with Crippen molar-refractivity contribution in [2.75, 3.05) is 31.7 Å². The number of nitrogens with one attached hydrogen (secondary N) is 1. The van der Waals surface area contributed by atoms with Crippen molar-refractivity contribution in [1.82, 2.24) is 14.5 Å². The molecule has 0 radical (unpaired) electrons. The van der Waals surface area contributed by atoms with Gasteiger partial charge in [0.15, 0.2) is 0 Å². The van der Waals surface area contributed by atoms with Crippen molar-refractivity contribution in [1.29, 1.82) is 0 Å². The molecule has 1 aliphatic rings. The molecule has 0 spiro atoms. The fourth-order valence-corrected chi connectivity index (χ4v) is 3.34. The van der Waals surface area contributed by atoms with E-state index in [0.717, 1.165) is 19.8 Å². The molecular formula is C21H20ClFN4O3. The minimum absolute atomic E-state index is 0.0175. The van der Waals surface area contributed by atoms with Crippen LogP contribution in [0.25, 0.3) is 11.3 Å². The Hall–Kier alpha value is -2.81. The van der Waals surface area contributed by atoms with E-state index in [0.29, 0.717) is 28.7 Å². The van der Waals surface area contributed by atoms with Gasteiger partial charge in [-0.3, -0.25) is 4.79 Å². The third kappa shape index (κ3) is 4.35. The van der Waals surface area contributed by atoms with Crippen LogP contribution in [0.5, 0.6) is 0 Å². The Morgan fingerprint density at radius 3 is 2.80 bits per heavy atom. The Morgan fingerprint density at radius 1 is 1.30 bits per heavy atom. The molecule has 9 heteroatoms. The van der Waals surface area contributed by atoms with Crippen molar-refractivity contribution in [2.45, 2.75) is 6.04 Å². The number of aromatic nitrogens is 3. The predicted octanol–water partition coefficient (Wildman–Crippen LogP) is 2.74. The van der Waals surface area contributed by atoms with E-state index >= 15 is 0 Å². The number of hydrogen-bond donors (Lipinski definition) is 2. The summed E-state index contributed by atoms with van der Waals surface area (Å²) in [5, 5.41) is 13.0. The Morgan fingerprint density at radius 2 is 2.13 bits per heavy atom. The lowest BCUT2D eigenvalue weighted by Crippen LogP contribution is -2.33. The first-order valence-corrected chi connectivity index (χ1v) is 9.86. The van der Waals surface area contributed by atoms with Gasteiger partial charge in [-0.2, -0.15) is 0 Å². The summed E-state index contributed by atoms with van der Waals surface area (Å²) in [6.07, 6.45) is 3.19. The first kappa shape index (κ1) is 20.5. The zero-order valence-corrected chi connectivity index (χ0v) is 16.7. The van der Waals surface area contributed by atoms with Crippen molar-refractivity contribution in [3.63, 3.8) is 0 Å². The number of pyridine rings is 1. The summed E-state index contributed by atoms with van der Waals surface area (Å²) >= 11 is 5.73. The monoisotopic (exact) mass is 430 g/mol. The molecule has 3 heterocycles. The first-order chi connectivity index (χ1) is 14.5. The lowest BCUT2D eigenvalue weighted by Gasteiger charge is -2.25. The second-order valence-corrected chi connectivity index (χ2v) is 7.49. The third-order valence-corrected chi connectivity index (χ3v) is 5.30. The molecular weight excluding hydrogens is 411 g/mol. The largest absolute Gasteiger partial charge is 0.394 e. The maximum atomic E-state index is 13.8. The molecule has 1 fully saturated rings. The van der Waals surface area contributed by atoms with Crippen molar-refractivity contribution in [3.8, 4) is 11.3 Å². The van der Waals surface area contributed by atoms with Crippen LogP contribution in [0.3, 0.4) is 0 Å². The molecule has 7 nitrogen and oxygen atoms in total. The molecule has 1 aromatic carbocycles. The molecule has 2 aromatic heterocycles. The first-order valence-electron chi connectivity index (χ1n) is 9.48. The molecule has 156 valence electrons. The van der Waals surface area contributed by atoms with E-state index < -0.39 is 11.9 Å². The Bertz CT molecular complexity index is 1100. The third-order valence-electron chi connectivity index (χ3n) is 4.99. The molecule has 0 bridgehead atoms. The summed E-state index contributed by atoms with van der Waals surface area (Å²) < 4.78 is 20.3. The summed E-state index contributed by atoms with van der Waals surface area (Å²) in [7, 11) is 0. The number of ether oxygens (including phenoxy) is 1. The highest BCUT2D eigenvalue weighted by Crippen LogP contribution is 2.23. The molecule has 0 amide bonds. The van der Waals surface area contributed by atoms with Crippen LogP contribution < -0.4 is 10.9 Å². The lowest BCUT2D eigenvalue weighted by molar-refractivity contribution is -0.0249. The molecule has 0 unspecified atom stereocenters.